The van der Waals surface area contributed by atoms with Gasteiger partial charge in [0.25, 0.3) is 0 Å². The molecule has 120 valence electrons. The fraction of sp³-hybridized carbons (Fsp3) is 0.765. The van der Waals surface area contributed by atoms with E-state index < -0.39 is 0 Å². The summed E-state index contributed by atoms with van der Waals surface area (Å²) in [5.41, 5.74) is 2.28. The second-order valence-electron chi connectivity index (χ2n) is 6.36. The van der Waals surface area contributed by atoms with E-state index in [2.05, 4.69) is 56.7 Å². The molecule has 0 bridgehead atoms. The average Bonchev–Trinajstić information content (AvgIpc) is 2.45. The second kappa shape index (κ2) is 8.98. The maximum absolute atomic E-state index is 4.70. The summed E-state index contributed by atoms with van der Waals surface area (Å²) in [5.74, 6) is 2.20. The van der Waals surface area contributed by atoms with Crippen LogP contribution < -0.4 is 10.2 Å². The first-order chi connectivity index (χ1) is 9.97. The Morgan fingerprint density at radius 2 is 1.95 bits per heavy atom. The van der Waals surface area contributed by atoms with Crippen molar-refractivity contribution >= 4 is 5.95 Å². The van der Waals surface area contributed by atoms with Crippen molar-refractivity contribution in [1.82, 2.24) is 15.3 Å². The highest BCUT2D eigenvalue weighted by Gasteiger charge is 2.12. The van der Waals surface area contributed by atoms with Crippen LogP contribution in [-0.4, -0.2) is 29.6 Å². The van der Waals surface area contributed by atoms with Crippen molar-refractivity contribution in [3.8, 4) is 0 Å². The van der Waals surface area contributed by atoms with Gasteiger partial charge in [0.05, 0.1) is 0 Å². The minimum absolute atomic E-state index is 0.664. The van der Waals surface area contributed by atoms with Crippen LogP contribution in [0.3, 0.4) is 0 Å². The van der Waals surface area contributed by atoms with Gasteiger partial charge in [0, 0.05) is 37.1 Å². The molecule has 0 spiro atoms. The van der Waals surface area contributed by atoms with Crippen LogP contribution in [0.2, 0.25) is 0 Å². The number of aryl methyl sites for hydroxylation is 1. The normalized spacial score (nSPS) is 12.7. The molecule has 4 heteroatoms. The first-order valence-corrected chi connectivity index (χ1v) is 8.26. The minimum Gasteiger partial charge on any atom is -0.341 e. The summed E-state index contributed by atoms with van der Waals surface area (Å²) in [4.78, 5) is 11.5. The predicted molar refractivity (Wildman–Crippen MR) is 90.7 cm³/mol. The van der Waals surface area contributed by atoms with Crippen LogP contribution in [0.1, 0.15) is 52.3 Å². The molecule has 0 radical (unpaired) electrons. The van der Waals surface area contributed by atoms with Gasteiger partial charge >= 0.3 is 0 Å². The molecule has 0 aliphatic heterocycles. The highest BCUT2D eigenvalue weighted by atomic mass is 15.2. The van der Waals surface area contributed by atoms with E-state index in [-0.39, 0.29) is 0 Å². The summed E-state index contributed by atoms with van der Waals surface area (Å²) < 4.78 is 0. The molecule has 1 aromatic heterocycles. The summed E-state index contributed by atoms with van der Waals surface area (Å²) in [6, 6.07) is 0. The van der Waals surface area contributed by atoms with Crippen LogP contribution in [0.5, 0.6) is 0 Å². The second-order valence-corrected chi connectivity index (χ2v) is 6.36. The van der Waals surface area contributed by atoms with E-state index >= 15 is 0 Å². The van der Waals surface area contributed by atoms with E-state index in [4.69, 9.17) is 4.98 Å². The molecule has 1 rings (SSSR count). The Bertz CT molecular complexity index is 417. The Labute approximate surface area is 130 Å². The molecule has 1 N–H and O–H groups in total. The fourth-order valence-corrected chi connectivity index (χ4v) is 2.16. The van der Waals surface area contributed by atoms with Gasteiger partial charge in [-0.1, -0.05) is 34.1 Å². The van der Waals surface area contributed by atoms with E-state index in [9.17, 15) is 0 Å². The topological polar surface area (TPSA) is 41.1 Å². The number of hydrogen-bond acceptors (Lipinski definition) is 4. The molecule has 0 aliphatic carbocycles. The molecule has 1 aromatic rings. The number of anilines is 1. The third kappa shape index (κ3) is 6.00. The first-order valence-electron chi connectivity index (χ1n) is 8.26. The highest BCUT2D eigenvalue weighted by Crippen LogP contribution is 2.14. The van der Waals surface area contributed by atoms with Crippen molar-refractivity contribution in [3.63, 3.8) is 0 Å². The zero-order chi connectivity index (χ0) is 15.8. The van der Waals surface area contributed by atoms with E-state index in [1.807, 2.05) is 6.20 Å². The smallest absolute Gasteiger partial charge is 0.225 e. The maximum atomic E-state index is 4.70. The highest BCUT2D eigenvalue weighted by molar-refractivity contribution is 5.32. The van der Waals surface area contributed by atoms with E-state index in [0.29, 0.717) is 11.8 Å². The molecule has 21 heavy (non-hydrogen) atoms. The van der Waals surface area contributed by atoms with E-state index in [1.54, 1.807) is 0 Å². The van der Waals surface area contributed by atoms with Crippen LogP contribution in [-0.2, 0) is 6.54 Å². The Morgan fingerprint density at radius 1 is 1.24 bits per heavy atom. The molecule has 1 heterocycles. The Kier molecular flexibility index (Phi) is 7.65. The molecule has 0 saturated carbocycles. The van der Waals surface area contributed by atoms with Crippen molar-refractivity contribution in [1.29, 1.82) is 0 Å². The predicted octanol–water partition coefficient (Wildman–Crippen LogP) is 3.40. The summed E-state index contributed by atoms with van der Waals surface area (Å²) >= 11 is 0. The van der Waals surface area contributed by atoms with Gasteiger partial charge in [-0.05, 0) is 32.2 Å². The van der Waals surface area contributed by atoms with Crippen molar-refractivity contribution in [2.45, 2.75) is 54.5 Å². The first kappa shape index (κ1) is 17.9. The standard InChI is InChI=1S/C17H32N4/c1-7-14(5)12-21(8-2)17-19-11-16(15(6)20-17)10-18-9-13(3)4/h11,13-14,18H,7-10,12H2,1-6H3. The van der Waals surface area contributed by atoms with Crippen LogP contribution in [0.15, 0.2) is 6.20 Å². The number of aromatic nitrogens is 2. The molecular weight excluding hydrogens is 260 g/mol. The van der Waals surface area contributed by atoms with Gasteiger partial charge < -0.3 is 10.2 Å². The summed E-state index contributed by atoms with van der Waals surface area (Å²) in [6.07, 6.45) is 3.16. The van der Waals surface area contributed by atoms with Gasteiger partial charge in [-0.2, -0.15) is 0 Å². The van der Waals surface area contributed by atoms with E-state index in [1.165, 1.54) is 12.0 Å². The van der Waals surface area contributed by atoms with Crippen molar-refractivity contribution < 1.29 is 0 Å². The minimum atomic E-state index is 0.664. The fourth-order valence-electron chi connectivity index (χ4n) is 2.16. The molecule has 0 amide bonds. The number of hydrogen-bond donors (Lipinski definition) is 1. The van der Waals surface area contributed by atoms with Gasteiger partial charge in [-0.3, -0.25) is 0 Å². The van der Waals surface area contributed by atoms with Gasteiger partial charge in [0.15, 0.2) is 0 Å². The average molecular weight is 292 g/mol. The van der Waals surface area contributed by atoms with E-state index in [0.717, 1.165) is 37.8 Å². The molecule has 0 fully saturated rings. The lowest BCUT2D eigenvalue weighted by Gasteiger charge is -2.24. The lowest BCUT2D eigenvalue weighted by molar-refractivity contribution is 0.540. The lowest BCUT2D eigenvalue weighted by Crippen LogP contribution is -2.30. The summed E-state index contributed by atoms with van der Waals surface area (Å²) in [7, 11) is 0. The zero-order valence-electron chi connectivity index (χ0n) is 14.6. The van der Waals surface area contributed by atoms with Gasteiger partial charge in [0.1, 0.15) is 0 Å². The van der Waals surface area contributed by atoms with Gasteiger partial charge in [-0.15, -0.1) is 0 Å². The SMILES string of the molecule is CCC(C)CN(CC)c1ncc(CNCC(C)C)c(C)n1. The number of nitrogens with one attached hydrogen (secondary N) is 1. The largest absolute Gasteiger partial charge is 0.341 e. The van der Waals surface area contributed by atoms with Crippen molar-refractivity contribution in [3.05, 3.63) is 17.5 Å². The molecular formula is C17H32N4. The monoisotopic (exact) mass is 292 g/mol. The Morgan fingerprint density at radius 3 is 2.48 bits per heavy atom. The summed E-state index contributed by atoms with van der Waals surface area (Å²) in [6.45, 7) is 17.0. The number of rotatable bonds is 9. The van der Waals surface area contributed by atoms with Gasteiger partial charge in [-0.25, -0.2) is 9.97 Å². The quantitative estimate of drug-likeness (QED) is 0.757. The van der Waals surface area contributed by atoms with Crippen LogP contribution >= 0.6 is 0 Å². The van der Waals surface area contributed by atoms with Crippen LogP contribution in [0.4, 0.5) is 5.95 Å². The molecule has 0 aliphatic rings. The molecule has 4 nitrogen and oxygen atoms in total. The summed E-state index contributed by atoms with van der Waals surface area (Å²) in [5, 5.41) is 3.45. The Hall–Kier alpha value is -1.16. The van der Waals surface area contributed by atoms with Crippen molar-refractivity contribution in [2.24, 2.45) is 11.8 Å². The molecule has 0 aromatic carbocycles. The third-order valence-electron chi connectivity index (χ3n) is 3.83. The molecule has 1 unspecified atom stereocenters. The molecule has 0 saturated heterocycles. The Balaban J connectivity index is 2.71. The third-order valence-corrected chi connectivity index (χ3v) is 3.83. The lowest BCUT2D eigenvalue weighted by atomic mass is 10.1. The zero-order valence-corrected chi connectivity index (χ0v) is 14.6. The number of nitrogens with zero attached hydrogens (tertiary/aromatic N) is 3. The van der Waals surface area contributed by atoms with Gasteiger partial charge in [0.2, 0.25) is 5.95 Å². The maximum Gasteiger partial charge on any atom is 0.225 e. The van der Waals surface area contributed by atoms with Crippen molar-refractivity contribution in [2.75, 3.05) is 24.5 Å². The molecule has 1 atom stereocenters. The van der Waals surface area contributed by atoms with Crippen LogP contribution in [0, 0.1) is 18.8 Å². The van der Waals surface area contributed by atoms with Crippen LogP contribution in [0.25, 0.3) is 0 Å².